The van der Waals surface area contributed by atoms with E-state index in [1.54, 1.807) is 12.3 Å². The predicted octanol–water partition coefficient (Wildman–Crippen LogP) is 2.12. The first-order valence-electron chi connectivity index (χ1n) is 5.40. The number of nitrogens with one attached hydrogen (secondary N) is 2. The van der Waals surface area contributed by atoms with Crippen LogP contribution in [0.25, 0.3) is 0 Å². The number of anilines is 2. The molecule has 0 unspecified atom stereocenters. The zero-order valence-corrected chi connectivity index (χ0v) is 10.0. The highest BCUT2D eigenvalue weighted by atomic mass is 35.5. The summed E-state index contributed by atoms with van der Waals surface area (Å²) >= 11 is 5.72. The number of benzene rings is 1. The highest BCUT2D eigenvalue weighted by Gasteiger charge is 2.22. The number of aromatic nitrogens is 2. The standard InChI is InChI=1S/C12H9ClN4O/c13-12-14-5-4-9(17-12)16-8-3-1-2-7-6-15-11(18)10(7)8/h1-5H,6H2,(H,15,18)(H,14,16,17). The lowest BCUT2D eigenvalue weighted by molar-refractivity contribution is 0.0966. The van der Waals surface area contributed by atoms with Crippen molar-refractivity contribution in [2.24, 2.45) is 0 Å². The number of carbonyl (C=O) groups is 1. The van der Waals surface area contributed by atoms with Gasteiger partial charge < -0.3 is 10.6 Å². The Kier molecular flexibility index (Phi) is 2.60. The van der Waals surface area contributed by atoms with Crippen molar-refractivity contribution in [3.05, 3.63) is 46.9 Å². The molecule has 3 rings (SSSR count). The van der Waals surface area contributed by atoms with E-state index in [1.165, 1.54) is 0 Å². The molecule has 0 saturated heterocycles. The molecule has 6 heteroatoms. The molecule has 0 aliphatic carbocycles. The third kappa shape index (κ3) is 1.89. The van der Waals surface area contributed by atoms with Crippen LogP contribution in [0.3, 0.4) is 0 Å². The van der Waals surface area contributed by atoms with E-state index in [9.17, 15) is 4.79 Å². The maximum absolute atomic E-state index is 11.7. The number of fused-ring (bicyclic) bond motifs is 1. The third-order valence-corrected chi connectivity index (χ3v) is 2.89. The summed E-state index contributed by atoms with van der Waals surface area (Å²) in [6.07, 6.45) is 1.56. The number of carbonyl (C=O) groups excluding carboxylic acids is 1. The number of hydrogen-bond acceptors (Lipinski definition) is 4. The monoisotopic (exact) mass is 260 g/mol. The Morgan fingerprint density at radius 2 is 2.22 bits per heavy atom. The number of hydrogen-bond donors (Lipinski definition) is 2. The molecule has 0 spiro atoms. The average Bonchev–Trinajstić information content (AvgIpc) is 2.72. The van der Waals surface area contributed by atoms with Crippen molar-refractivity contribution >= 4 is 29.0 Å². The summed E-state index contributed by atoms with van der Waals surface area (Å²) in [5.74, 6) is 0.483. The van der Waals surface area contributed by atoms with Gasteiger partial charge in [0.2, 0.25) is 5.28 Å². The summed E-state index contributed by atoms with van der Waals surface area (Å²) in [7, 11) is 0. The first-order chi connectivity index (χ1) is 8.74. The number of amides is 1. The quantitative estimate of drug-likeness (QED) is 0.812. The second-order valence-corrected chi connectivity index (χ2v) is 4.20. The summed E-state index contributed by atoms with van der Waals surface area (Å²) in [6.45, 7) is 0.564. The Morgan fingerprint density at radius 3 is 3.06 bits per heavy atom. The SMILES string of the molecule is O=C1NCc2cccc(Nc3ccnc(Cl)n3)c21. The van der Waals surface area contributed by atoms with Crippen LogP contribution in [-0.4, -0.2) is 15.9 Å². The summed E-state index contributed by atoms with van der Waals surface area (Å²) < 4.78 is 0. The van der Waals surface area contributed by atoms with E-state index in [4.69, 9.17) is 11.6 Å². The van der Waals surface area contributed by atoms with Crippen LogP contribution in [0.1, 0.15) is 15.9 Å². The van der Waals surface area contributed by atoms with Crippen molar-refractivity contribution in [1.82, 2.24) is 15.3 Å². The summed E-state index contributed by atoms with van der Waals surface area (Å²) in [5, 5.41) is 6.03. The van der Waals surface area contributed by atoms with Gasteiger partial charge in [0.15, 0.2) is 0 Å². The van der Waals surface area contributed by atoms with Gasteiger partial charge in [0.1, 0.15) is 5.82 Å². The molecule has 0 bridgehead atoms. The fourth-order valence-electron chi connectivity index (χ4n) is 1.93. The molecule has 5 nitrogen and oxygen atoms in total. The van der Waals surface area contributed by atoms with Gasteiger partial charge >= 0.3 is 0 Å². The van der Waals surface area contributed by atoms with Gasteiger partial charge in [-0.2, -0.15) is 0 Å². The van der Waals surface area contributed by atoms with Gasteiger partial charge in [-0.05, 0) is 29.3 Å². The predicted molar refractivity (Wildman–Crippen MR) is 67.9 cm³/mol. The van der Waals surface area contributed by atoms with Crippen molar-refractivity contribution in [3.8, 4) is 0 Å². The molecule has 1 aliphatic heterocycles. The van der Waals surface area contributed by atoms with Gasteiger partial charge in [0.25, 0.3) is 5.91 Å². The smallest absolute Gasteiger partial charge is 0.254 e. The highest BCUT2D eigenvalue weighted by Crippen LogP contribution is 2.26. The number of halogens is 1. The molecule has 0 radical (unpaired) electrons. The van der Waals surface area contributed by atoms with Crippen LogP contribution in [0.4, 0.5) is 11.5 Å². The molecule has 2 heterocycles. The molecule has 0 atom stereocenters. The molecule has 2 N–H and O–H groups in total. The molecule has 0 saturated carbocycles. The molecule has 0 fully saturated rings. The van der Waals surface area contributed by atoms with E-state index in [0.717, 1.165) is 11.3 Å². The fourth-order valence-corrected chi connectivity index (χ4v) is 2.07. The van der Waals surface area contributed by atoms with Crippen molar-refractivity contribution in [1.29, 1.82) is 0 Å². The zero-order valence-electron chi connectivity index (χ0n) is 9.27. The van der Waals surface area contributed by atoms with Crippen LogP contribution >= 0.6 is 11.6 Å². The van der Waals surface area contributed by atoms with E-state index in [-0.39, 0.29) is 11.2 Å². The van der Waals surface area contributed by atoms with Gasteiger partial charge in [-0.25, -0.2) is 9.97 Å². The molecule has 1 aliphatic rings. The Labute approximate surface area is 108 Å². The molecule has 1 aromatic carbocycles. The van der Waals surface area contributed by atoms with Crippen LogP contribution in [0.15, 0.2) is 30.5 Å². The topological polar surface area (TPSA) is 66.9 Å². The average molecular weight is 261 g/mol. The lowest BCUT2D eigenvalue weighted by Gasteiger charge is -2.08. The van der Waals surface area contributed by atoms with Crippen LogP contribution < -0.4 is 10.6 Å². The van der Waals surface area contributed by atoms with Crippen molar-refractivity contribution < 1.29 is 4.79 Å². The van der Waals surface area contributed by atoms with Gasteiger partial charge in [-0.3, -0.25) is 4.79 Å². The van der Waals surface area contributed by atoms with Crippen molar-refractivity contribution in [2.45, 2.75) is 6.54 Å². The minimum atomic E-state index is -0.0757. The second-order valence-electron chi connectivity index (χ2n) is 3.86. The third-order valence-electron chi connectivity index (χ3n) is 2.71. The second kappa shape index (κ2) is 4.27. The van der Waals surface area contributed by atoms with Gasteiger partial charge in [0, 0.05) is 12.7 Å². The zero-order chi connectivity index (χ0) is 12.5. The van der Waals surface area contributed by atoms with Crippen LogP contribution in [0.5, 0.6) is 0 Å². The normalized spacial score (nSPS) is 13.1. The van der Waals surface area contributed by atoms with E-state index in [0.29, 0.717) is 17.9 Å². The number of nitrogens with zero attached hydrogens (tertiary/aromatic N) is 2. The van der Waals surface area contributed by atoms with Crippen molar-refractivity contribution in [2.75, 3.05) is 5.32 Å². The highest BCUT2D eigenvalue weighted by molar-refractivity contribution is 6.28. The lowest BCUT2D eigenvalue weighted by Crippen LogP contribution is -2.13. The van der Waals surface area contributed by atoms with Gasteiger partial charge in [-0.15, -0.1) is 0 Å². The molecule has 1 amide bonds. The lowest BCUT2D eigenvalue weighted by atomic mass is 10.1. The minimum absolute atomic E-state index is 0.0757. The maximum atomic E-state index is 11.7. The molecular weight excluding hydrogens is 252 g/mol. The Morgan fingerprint density at radius 1 is 1.33 bits per heavy atom. The Bertz CT molecular complexity index is 629. The van der Waals surface area contributed by atoms with Crippen LogP contribution in [0.2, 0.25) is 5.28 Å². The molecular formula is C12H9ClN4O. The molecule has 18 heavy (non-hydrogen) atoms. The van der Waals surface area contributed by atoms with E-state index < -0.39 is 0 Å². The molecule has 1 aromatic heterocycles. The van der Waals surface area contributed by atoms with E-state index in [2.05, 4.69) is 20.6 Å². The molecule has 2 aromatic rings. The minimum Gasteiger partial charge on any atom is -0.348 e. The Hall–Kier alpha value is -2.14. The summed E-state index contributed by atoms with van der Waals surface area (Å²) in [6, 6.07) is 7.34. The van der Waals surface area contributed by atoms with Crippen LogP contribution in [0, 0.1) is 0 Å². The first-order valence-corrected chi connectivity index (χ1v) is 5.77. The van der Waals surface area contributed by atoms with E-state index in [1.807, 2.05) is 18.2 Å². The first kappa shape index (κ1) is 11.0. The van der Waals surface area contributed by atoms with Crippen LogP contribution in [-0.2, 0) is 6.54 Å². The van der Waals surface area contributed by atoms with E-state index >= 15 is 0 Å². The molecule has 90 valence electrons. The summed E-state index contributed by atoms with van der Waals surface area (Å²) in [5.41, 5.74) is 2.36. The maximum Gasteiger partial charge on any atom is 0.254 e. The van der Waals surface area contributed by atoms with Gasteiger partial charge in [0.05, 0.1) is 11.3 Å². The fraction of sp³-hybridized carbons (Fsp3) is 0.0833. The summed E-state index contributed by atoms with van der Waals surface area (Å²) in [4.78, 5) is 19.6. The Balaban J connectivity index is 1.99. The van der Waals surface area contributed by atoms with Gasteiger partial charge in [-0.1, -0.05) is 12.1 Å². The number of rotatable bonds is 2. The largest absolute Gasteiger partial charge is 0.348 e. The van der Waals surface area contributed by atoms with Crippen molar-refractivity contribution in [3.63, 3.8) is 0 Å².